The van der Waals surface area contributed by atoms with Crippen LogP contribution in [0.1, 0.15) is 33.0 Å². The smallest absolute Gasteiger partial charge is 0.193 e. The molecule has 0 bridgehead atoms. The second-order valence-corrected chi connectivity index (χ2v) is 4.83. The third kappa shape index (κ3) is 1.86. The van der Waals surface area contributed by atoms with E-state index in [0.717, 1.165) is 11.1 Å². The first-order chi connectivity index (χ1) is 9.74. The van der Waals surface area contributed by atoms with Gasteiger partial charge in [0.2, 0.25) is 0 Å². The number of nitrogens with zero attached hydrogens (tertiary/aromatic N) is 1. The molecule has 98 valence electrons. The molecule has 0 unspecified atom stereocenters. The molecule has 0 heterocycles. The molecule has 0 aliphatic heterocycles. The Bertz CT molecular complexity index is 728. The number of ketones is 1. The lowest BCUT2D eigenvalue weighted by atomic mass is 9.92. The second kappa shape index (κ2) is 4.82. The predicted molar refractivity (Wildman–Crippen MR) is 74.9 cm³/mol. The number of carbonyl (C=O) groups excluding carboxylic acids is 1. The summed E-state index contributed by atoms with van der Waals surface area (Å²) >= 11 is 0. The standard InChI is InChI=1S/C17H13NO2/c1-20-13-6-7-15-16(9-13)12(10-18)8-11-4-2-3-5-14(11)17(15)19/h2-7,9,12H,8H2,1H3/t12-/m0/s1. The maximum Gasteiger partial charge on any atom is 0.193 e. The van der Waals surface area contributed by atoms with E-state index in [1.54, 1.807) is 25.3 Å². The first kappa shape index (κ1) is 12.4. The van der Waals surface area contributed by atoms with E-state index in [-0.39, 0.29) is 11.7 Å². The van der Waals surface area contributed by atoms with Gasteiger partial charge in [0.15, 0.2) is 5.78 Å². The van der Waals surface area contributed by atoms with Crippen molar-refractivity contribution in [3.05, 3.63) is 64.7 Å². The van der Waals surface area contributed by atoms with E-state index in [9.17, 15) is 10.1 Å². The van der Waals surface area contributed by atoms with Gasteiger partial charge in [0.25, 0.3) is 0 Å². The molecular weight excluding hydrogens is 250 g/mol. The van der Waals surface area contributed by atoms with Crippen molar-refractivity contribution in [2.45, 2.75) is 12.3 Å². The average Bonchev–Trinajstić information content (AvgIpc) is 2.62. The summed E-state index contributed by atoms with van der Waals surface area (Å²) in [5, 5.41) is 9.44. The van der Waals surface area contributed by atoms with Gasteiger partial charge >= 0.3 is 0 Å². The second-order valence-electron chi connectivity index (χ2n) is 4.83. The molecule has 20 heavy (non-hydrogen) atoms. The molecular formula is C17H13NO2. The molecule has 1 aliphatic rings. The van der Waals surface area contributed by atoms with Gasteiger partial charge in [0.05, 0.1) is 19.1 Å². The highest BCUT2D eigenvalue weighted by Gasteiger charge is 2.27. The molecule has 1 atom stereocenters. The lowest BCUT2D eigenvalue weighted by Gasteiger charge is -2.11. The Labute approximate surface area is 117 Å². The zero-order valence-electron chi connectivity index (χ0n) is 11.1. The van der Waals surface area contributed by atoms with Crippen molar-refractivity contribution in [1.29, 1.82) is 5.26 Å². The summed E-state index contributed by atoms with van der Waals surface area (Å²) in [5.41, 5.74) is 2.98. The molecule has 1 aliphatic carbocycles. The fourth-order valence-corrected chi connectivity index (χ4v) is 2.67. The Balaban J connectivity index is 2.24. The predicted octanol–water partition coefficient (Wildman–Crippen LogP) is 3.09. The van der Waals surface area contributed by atoms with Crippen LogP contribution in [0.5, 0.6) is 5.75 Å². The number of benzene rings is 2. The monoisotopic (exact) mass is 263 g/mol. The lowest BCUT2D eigenvalue weighted by Crippen LogP contribution is -2.05. The van der Waals surface area contributed by atoms with Crippen molar-refractivity contribution in [2.24, 2.45) is 0 Å². The van der Waals surface area contributed by atoms with E-state index in [4.69, 9.17) is 4.74 Å². The molecule has 0 amide bonds. The minimum atomic E-state index is -0.326. The summed E-state index contributed by atoms with van der Waals surface area (Å²) in [6, 6.07) is 15.1. The molecule has 2 aromatic carbocycles. The van der Waals surface area contributed by atoms with Crippen molar-refractivity contribution in [1.82, 2.24) is 0 Å². The first-order valence-electron chi connectivity index (χ1n) is 6.44. The van der Waals surface area contributed by atoms with Gasteiger partial charge in [-0.1, -0.05) is 24.3 Å². The molecule has 3 rings (SSSR count). The van der Waals surface area contributed by atoms with Crippen LogP contribution in [0.2, 0.25) is 0 Å². The number of carbonyl (C=O) groups is 1. The minimum Gasteiger partial charge on any atom is -0.497 e. The quantitative estimate of drug-likeness (QED) is 0.794. The van der Waals surface area contributed by atoms with Crippen LogP contribution < -0.4 is 4.74 Å². The summed E-state index contributed by atoms with van der Waals surface area (Å²) in [6.45, 7) is 0. The molecule has 0 saturated carbocycles. The Morgan fingerprint density at radius 3 is 2.75 bits per heavy atom. The highest BCUT2D eigenvalue weighted by atomic mass is 16.5. The molecule has 0 fully saturated rings. The molecule has 3 nitrogen and oxygen atoms in total. The SMILES string of the molecule is COc1ccc2c(c1)[C@H](C#N)Cc1ccccc1C2=O. The molecule has 0 aromatic heterocycles. The van der Waals surface area contributed by atoms with Gasteiger partial charge in [0, 0.05) is 11.1 Å². The van der Waals surface area contributed by atoms with E-state index >= 15 is 0 Å². The zero-order valence-corrected chi connectivity index (χ0v) is 11.1. The van der Waals surface area contributed by atoms with Gasteiger partial charge in [-0.25, -0.2) is 0 Å². The molecule has 3 heteroatoms. The van der Waals surface area contributed by atoms with Crippen LogP contribution in [0.25, 0.3) is 0 Å². The normalized spacial score (nSPS) is 16.6. The van der Waals surface area contributed by atoms with E-state index in [2.05, 4.69) is 6.07 Å². The van der Waals surface area contributed by atoms with Gasteiger partial charge in [-0.2, -0.15) is 5.26 Å². The average molecular weight is 263 g/mol. The van der Waals surface area contributed by atoms with Crippen molar-refractivity contribution < 1.29 is 9.53 Å². The summed E-state index contributed by atoms with van der Waals surface area (Å²) in [5.74, 6) is 0.325. The molecule has 0 N–H and O–H groups in total. The van der Waals surface area contributed by atoms with E-state index in [1.807, 2.05) is 24.3 Å². The summed E-state index contributed by atoms with van der Waals surface area (Å²) in [6.07, 6.45) is 0.554. The van der Waals surface area contributed by atoms with Crippen LogP contribution >= 0.6 is 0 Å². The topological polar surface area (TPSA) is 50.1 Å². The van der Waals surface area contributed by atoms with Gasteiger partial charge in [0.1, 0.15) is 5.75 Å². The third-order valence-electron chi connectivity index (χ3n) is 3.72. The number of rotatable bonds is 1. The van der Waals surface area contributed by atoms with Crippen molar-refractivity contribution in [2.75, 3.05) is 7.11 Å². The Kier molecular flexibility index (Phi) is 3.00. The number of nitriles is 1. The highest BCUT2D eigenvalue weighted by molar-refractivity contribution is 6.11. The van der Waals surface area contributed by atoms with Gasteiger partial charge in [-0.05, 0) is 35.7 Å². The Morgan fingerprint density at radius 2 is 2.00 bits per heavy atom. The fraction of sp³-hybridized carbons (Fsp3) is 0.176. The molecule has 0 spiro atoms. The summed E-state index contributed by atoms with van der Waals surface area (Å²) in [4.78, 5) is 12.6. The van der Waals surface area contributed by atoms with Crippen LogP contribution in [-0.4, -0.2) is 12.9 Å². The van der Waals surface area contributed by atoms with Gasteiger partial charge < -0.3 is 4.74 Å². The third-order valence-corrected chi connectivity index (χ3v) is 3.72. The van der Waals surface area contributed by atoms with Crippen molar-refractivity contribution in [3.8, 4) is 11.8 Å². The number of hydrogen-bond donors (Lipinski definition) is 0. The van der Waals surface area contributed by atoms with Gasteiger partial charge in [-0.3, -0.25) is 4.79 Å². The van der Waals surface area contributed by atoms with Crippen molar-refractivity contribution in [3.63, 3.8) is 0 Å². The number of ether oxygens (including phenoxy) is 1. The largest absolute Gasteiger partial charge is 0.497 e. The van der Waals surface area contributed by atoms with Crippen LogP contribution in [0.15, 0.2) is 42.5 Å². The summed E-state index contributed by atoms with van der Waals surface area (Å²) in [7, 11) is 1.58. The van der Waals surface area contributed by atoms with Crippen LogP contribution in [0.4, 0.5) is 0 Å². The Hall–Kier alpha value is -2.60. The van der Waals surface area contributed by atoms with Crippen LogP contribution in [0, 0.1) is 11.3 Å². The number of methoxy groups -OCH3 is 1. The van der Waals surface area contributed by atoms with Crippen molar-refractivity contribution >= 4 is 5.78 Å². The van der Waals surface area contributed by atoms with Crippen LogP contribution in [0.3, 0.4) is 0 Å². The number of hydrogen-bond acceptors (Lipinski definition) is 3. The van der Waals surface area contributed by atoms with E-state index < -0.39 is 0 Å². The van der Waals surface area contributed by atoms with Crippen LogP contribution in [-0.2, 0) is 6.42 Å². The summed E-state index contributed by atoms with van der Waals surface area (Å²) < 4.78 is 5.21. The highest BCUT2D eigenvalue weighted by Crippen LogP contribution is 2.33. The Morgan fingerprint density at radius 1 is 1.20 bits per heavy atom. The maximum absolute atomic E-state index is 12.6. The minimum absolute atomic E-state index is 0.0176. The molecule has 0 saturated heterocycles. The fourth-order valence-electron chi connectivity index (χ4n) is 2.67. The molecule has 0 radical (unpaired) electrons. The maximum atomic E-state index is 12.6. The zero-order chi connectivity index (χ0) is 14.1. The first-order valence-corrected chi connectivity index (χ1v) is 6.44. The molecule has 2 aromatic rings. The van der Waals surface area contributed by atoms with E-state index in [1.165, 1.54) is 0 Å². The number of fused-ring (bicyclic) bond motifs is 2. The lowest BCUT2D eigenvalue weighted by molar-refractivity contribution is 0.103. The van der Waals surface area contributed by atoms with Gasteiger partial charge in [-0.15, -0.1) is 0 Å². The van der Waals surface area contributed by atoms with E-state index in [0.29, 0.717) is 23.3 Å².